The van der Waals surface area contributed by atoms with Crippen LogP contribution in [0.25, 0.3) is 0 Å². The second-order valence-corrected chi connectivity index (χ2v) is 9.00. The van der Waals surface area contributed by atoms with Crippen molar-refractivity contribution >= 4 is 11.7 Å². The number of carbonyl (C=O) groups is 2. The fourth-order valence-electron chi connectivity index (χ4n) is 4.67. The van der Waals surface area contributed by atoms with Crippen LogP contribution in [0, 0.1) is 17.8 Å². The first kappa shape index (κ1) is 20.1. The van der Waals surface area contributed by atoms with Crippen molar-refractivity contribution < 1.29 is 14.7 Å². The molecule has 1 aliphatic rings. The Morgan fingerprint density at radius 2 is 1.79 bits per heavy atom. The van der Waals surface area contributed by atoms with Gasteiger partial charge in [-0.05, 0) is 43.2 Å². The van der Waals surface area contributed by atoms with Crippen molar-refractivity contribution in [2.24, 2.45) is 10.8 Å². The molecule has 28 heavy (non-hydrogen) atoms. The molecule has 1 aromatic carbocycles. The largest absolute Gasteiger partial charge is 0.505 e. The lowest BCUT2D eigenvalue weighted by Gasteiger charge is -2.46. The molecule has 1 amide bonds. The summed E-state index contributed by atoms with van der Waals surface area (Å²) in [5.41, 5.74) is 0.666. The third-order valence-electron chi connectivity index (χ3n) is 5.63. The third-order valence-corrected chi connectivity index (χ3v) is 5.63. The predicted octanol–water partition coefficient (Wildman–Crippen LogP) is 4.29. The molecule has 148 valence electrons. The molecule has 1 aromatic heterocycles. The average Bonchev–Trinajstić information content (AvgIpc) is 2.62. The zero-order valence-electron chi connectivity index (χ0n) is 17.0. The molecule has 0 aliphatic heterocycles. The van der Waals surface area contributed by atoms with E-state index in [1.54, 1.807) is 13.0 Å². The number of hydrogen-bond acceptors (Lipinski definition) is 4. The van der Waals surface area contributed by atoms with Crippen LogP contribution in [0.4, 0.5) is 0 Å². The van der Waals surface area contributed by atoms with Gasteiger partial charge in [-0.15, -0.1) is 0 Å². The highest BCUT2D eigenvalue weighted by atomic mass is 16.3. The summed E-state index contributed by atoms with van der Waals surface area (Å²) in [7, 11) is 0. The van der Waals surface area contributed by atoms with Gasteiger partial charge in [0.1, 0.15) is 5.75 Å². The topological polar surface area (TPSA) is 79.3 Å². The minimum absolute atomic E-state index is 0.0273. The van der Waals surface area contributed by atoms with E-state index in [0.717, 1.165) is 12.8 Å². The van der Waals surface area contributed by atoms with E-state index in [2.05, 4.69) is 24.1 Å². The van der Waals surface area contributed by atoms with Crippen LogP contribution in [-0.2, 0) is 0 Å². The first-order valence-electron chi connectivity index (χ1n) is 9.67. The fourth-order valence-corrected chi connectivity index (χ4v) is 4.67. The first-order valence-corrected chi connectivity index (χ1v) is 9.67. The van der Waals surface area contributed by atoms with Crippen LogP contribution in [0.2, 0.25) is 0 Å². The lowest BCUT2D eigenvalue weighted by molar-refractivity contribution is 0.0463. The minimum atomic E-state index is -0.566. The number of ketones is 1. The molecule has 0 radical (unpaired) electrons. The van der Waals surface area contributed by atoms with Crippen LogP contribution in [-0.4, -0.2) is 27.8 Å². The van der Waals surface area contributed by atoms with E-state index in [9.17, 15) is 14.7 Å². The van der Waals surface area contributed by atoms with Gasteiger partial charge in [-0.3, -0.25) is 9.59 Å². The Bertz CT molecular complexity index is 892. The van der Waals surface area contributed by atoms with Crippen molar-refractivity contribution in [2.75, 3.05) is 0 Å². The number of carbonyl (C=O) groups excluding carboxylic acids is 2. The van der Waals surface area contributed by atoms with Gasteiger partial charge in [0.15, 0.2) is 11.5 Å². The van der Waals surface area contributed by atoms with Crippen molar-refractivity contribution in [2.45, 2.75) is 53.0 Å². The summed E-state index contributed by atoms with van der Waals surface area (Å²) in [6.45, 7) is 7.98. The summed E-state index contributed by atoms with van der Waals surface area (Å²) in [4.78, 5) is 30.0. The summed E-state index contributed by atoms with van der Waals surface area (Å²) < 4.78 is 0. The number of rotatable bonds is 4. The molecule has 2 atom stereocenters. The monoisotopic (exact) mass is 380 g/mol. The van der Waals surface area contributed by atoms with E-state index in [1.165, 1.54) is 6.20 Å². The maximum absolute atomic E-state index is 13.2. The molecule has 3 rings (SSSR count). The summed E-state index contributed by atoms with van der Waals surface area (Å²) in [5, 5.41) is 13.2. The Balaban J connectivity index is 1.83. The Labute approximate surface area is 166 Å². The molecule has 5 heteroatoms. The first-order chi connectivity index (χ1) is 13.1. The van der Waals surface area contributed by atoms with E-state index >= 15 is 0 Å². The minimum Gasteiger partial charge on any atom is -0.505 e. The number of aryl methyl sites for hydroxylation is 1. The Morgan fingerprint density at radius 3 is 2.46 bits per heavy atom. The highest BCUT2D eigenvalue weighted by Gasteiger charge is 2.46. The van der Waals surface area contributed by atoms with Crippen molar-refractivity contribution in [3.8, 4) is 5.75 Å². The van der Waals surface area contributed by atoms with E-state index < -0.39 is 11.3 Å². The van der Waals surface area contributed by atoms with E-state index in [0.29, 0.717) is 17.5 Å². The van der Waals surface area contributed by atoms with Crippen molar-refractivity contribution in [1.82, 2.24) is 10.3 Å². The van der Waals surface area contributed by atoms with E-state index in [4.69, 9.17) is 0 Å². The van der Waals surface area contributed by atoms with Gasteiger partial charge in [0.2, 0.25) is 0 Å². The number of benzene rings is 1. The van der Waals surface area contributed by atoms with Gasteiger partial charge in [0, 0.05) is 23.2 Å². The van der Waals surface area contributed by atoms with Gasteiger partial charge in [-0.25, -0.2) is 4.98 Å². The summed E-state index contributed by atoms with van der Waals surface area (Å²) in [6.07, 6.45) is 3.59. The maximum Gasteiger partial charge on any atom is 0.273 e. The summed E-state index contributed by atoms with van der Waals surface area (Å²) in [5.74, 6) is -0.395. The molecule has 1 fully saturated rings. The Hall–Kier alpha value is -2.69. The van der Waals surface area contributed by atoms with Gasteiger partial charge in [0.25, 0.3) is 5.91 Å². The standard InChI is InChI=1S/C23H28N2O3/c1-15-10-11-24-18(19(15)26)21(28)25-17-12-22(2,3)14-23(4,13-17)20(27)16-8-6-5-7-9-16/h5-11,17,26H,12-14H2,1-4H3,(H,25,28). The maximum atomic E-state index is 13.2. The number of nitrogens with one attached hydrogen (secondary N) is 1. The van der Waals surface area contributed by atoms with Crippen LogP contribution in [0.5, 0.6) is 5.75 Å². The number of nitrogens with zero attached hydrogens (tertiary/aromatic N) is 1. The molecule has 2 unspecified atom stereocenters. The molecular weight excluding hydrogens is 352 g/mol. The lowest BCUT2D eigenvalue weighted by Crippen LogP contribution is -2.49. The number of hydrogen-bond donors (Lipinski definition) is 2. The smallest absolute Gasteiger partial charge is 0.273 e. The molecule has 1 aliphatic carbocycles. The quantitative estimate of drug-likeness (QED) is 0.776. The number of aromatic nitrogens is 1. The fraction of sp³-hybridized carbons (Fsp3) is 0.435. The number of pyridine rings is 1. The lowest BCUT2D eigenvalue weighted by atomic mass is 9.60. The highest BCUT2D eigenvalue weighted by Crippen LogP contribution is 2.47. The van der Waals surface area contributed by atoms with Gasteiger partial charge >= 0.3 is 0 Å². The van der Waals surface area contributed by atoms with Crippen molar-refractivity contribution in [3.05, 3.63) is 59.4 Å². The molecule has 1 heterocycles. The second kappa shape index (κ2) is 7.38. The highest BCUT2D eigenvalue weighted by molar-refractivity contribution is 6.00. The predicted molar refractivity (Wildman–Crippen MR) is 108 cm³/mol. The zero-order chi connectivity index (χ0) is 20.5. The molecule has 1 saturated carbocycles. The van der Waals surface area contributed by atoms with Gasteiger partial charge < -0.3 is 10.4 Å². The zero-order valence-corrected chi connectivity index (χ0v) is 17.0. The Morgan fingerprint density at radius 1 is 1.11 bits per heavy atom. The number of amides is 1. The van der Waals surface area contributed by atoms with Crippen LogP contribution >= 0.6 is 0 Å². The van der Waals surface area contributed by atoms with Crippen molar-refractivity contribution in [1.29, 1.82) is 0 Å². The van der Waals surface area contributed by atoms with Crippen molar-refractivity contribution in [3.63, 3.8) is 0 Å². The van der Waals surface area contributed by atoms with Crippen LogP contribution in [0.1, 0.15) is 66.4 Å². The van der Waals surface area contributed by atoms with Gasteiger partial charge in [0.05, 0.1) is 0 Å². The summed E-state index contributed by atoms with van der Waals surface area (Å²) >= 11 is 0. The summed E-state index contributed by atoms with van der Waals surface area (Å²) in [6, 6.07) is 10.8. The molecule has 5 nitrogen and oxygen atoms in total. The molecule has 0 bridgehead atoms. The van der Waals surface area contributed by atoms with Gasteiger partial charge in [-0.1, -0.05) is 51.1 Å². The number of Topliss-reactive ketones (excluding diaryl/α,β-unsaturated/α-hetero) is 1. The van der Waals surface area contributed by atoms with Gasteiger partial charge in [-0.2, -0.15) is 0 Å². The SMILES string of the molecule is Cc1ccnc(C(=O)NC2CC(C)(C)CC(C)(C(=O)c3ccccc3)C2)c1O. The van der Waals surface area contributed by atoms with E-state index in [1.807, 2.05) is 37.3 Å². The van der Waals surface area contributed by atoms with Crippen LogP contribution in [0.3, 0.4) is 0 Å². The van der Waals surface area contributed by atoms with Crippen LogP contribution < -0.4 is 5.32 Å². The molecule has 0 spiro atoms. The molecule has 0 saturated heterocycles. The molecular formula is C23H28N2O3. The second-order valence-electron chi connectivity index (χ2n) is 9.00. The molecule has 2 aromatic rings. The molecule has 2 N–H and O–H groups in total. The normalized spacial score (nSPS) is 23.8. The Kier molecular flexibility index (Phi) is 5.28. The van der Waals surface area contributed by atoms with E-state index in [-0.39, 0.29) is 28.7 Å². The third kappa shape index (κ3) is 4.08. The van der Waals surface area contributed by atoms with Crippen LogP contribution in [0.15, 0.2) is 42.6 Å². The average molecular weight is 380 g/mol. The number of aromatic hydroxyl groups is 1.